The maximum Gasteiger partial charge on any atom is 0.243 e. The van der Waals surface area contributed by atoms with Gasteiger partial charge in [-0.3, -0.25) is 9.59 Å². The van der Waals surface area contributed by atoms with Gasteiger partial charge in [0.15, 0.2) is 0 Å². The molecule has 33 heavy (non-hydrogen) atoms. The van der Waals surface area contributed by atoms with Gasteiger partial charge < -0.3 is 10.2 Å². The van der Waals surface area contributed by atoms with Crippen LogP contribution < -0.4 is 5.32 Å². The first kappa shape index (κ1) is 24.5. The summed E-state index contributed by atoms with van der Waals surface area (Å²) in [7, 11) is 0. The van der Waals surface area contributed by atoms with Crippen LogP contribution in [0.2, 0.25) is 5.02 Å². The summed E-state index contributed by atoms with van der Waals surface area (Å²) >= 11 is 6.39. The van der Waals surface area contributed by atoms with E-state index in [1.807, 2.05) is 62.4 Å². The number of benzene rings is 3. The second kappa shape index (κ2) is 11.6. The molecule has 1 atom stereocenters. The van der Waals surface area contributed by atoms with Crippen LogP contribution in [0.3, 0.4) is 0 Å². The van der Waals surface area contributed by atoms with E-state index in [0.717, 1.165) is 11.1 Å². The summed E-state index contributed by atoms with van der Waals surface area (Å²) in [6.07, 6.45) is 0.171. The second-order valence-electron chi connectivity index (χ2n) is 8.25. The molecule has 0 spiro atoms. The average Bonchev–Trinajstić information content (AvgIpc) is 2.79. The summed E-state index contributed by atoms with van der Waals surface area (Å²) in [5.41, 5.74) is 1.93. The van der Waals surface area contributed by atoms with E-state index in [4.69, 9.17) is 11.6 Å². The Labute approximate surface area is 199 Å². The molecule has 0 aliphatic carbocycles. The predicted molar refractivity (Wildman–Crippen MR) is 129 cm³/mol. The molecule has 0 bridgehead atoms. The molecule has 3 aromatic carbocycles. The van der Waals surface area contributed by atoms with Gasteiger partial charge >= 0.3 is 0 Å². The maximum atomic E-state index is 14.3. The fourth-order valence-electron chi connectivity index (χ4n) is 3.65. The van der Waals surface area contributed by atoms with E-state index < -0.39 is 11.9 Å². The number of carbonyl (C=O) groups excluding carboxylic acids is 2. The van der Waals surface area contributed by atoms with Crippen molar-refractivity contribution in [2.24, 2.45) is 0 Å². The number of hydrogen-bond acceptors (Lipinski definition) is 2. The van der Waals surface area contributed by atoms with Gasteiger partial charge in [0.2, 0.25) is 11.8 Å². The minimum Gasteiger partial charge on any atom is -0.352 e. The van der Waals surface area contributed by atoms with Crippen molar-refractivity contribution in [2.45, 2.75) is 45.3 Å². The van der Waals surface area contributed by atoms with Gasteiger partial charge in [0.25, 0.3) is 0 Å². The monoisotopic (exact) mass is 466 g/mol. The number of halogens is 2. The third-order valence-electron chi connectivity index (χ3n) is 5.30. The Morgan fingerprint density at radius 2 is 1.52 bits per heavy atom. The molecule has 3 aromatic rings. The Morgan fingerprint density at radius 3 is 2.15 bits per heavy atom. The van der Waals surface area contributed by atoms with Crippen molar-refractivity contribution in [2.75, 3.05) is 0 Å². The maximum absolute atomic E-state index is 14.3. The predicted octanol–water partition coefficient (Wildman–Crippen LogP) is 5.19. The van der Waals surface area contributed by atoms with Crippen molar-refractivity contribution in [1.29, 1.82) is 0 Å². The van der Waals surface area contributed by atoms with Crippen molar-refractivity contribution in [3.63, 3.8) is 0 Å². The highest BCUT2D eigenvalue weighted by Crippen LogP contribution is 2.22. The molecule has 0 aliphatic rings. The number of nitrogens with one attached hydrogen (secondary N) is 1. The van der Waals surface area contributed by atoms with Crippen LogP contribution >= 0.6 is 11.6 Å². The summed E-state index contributed by atoms with van der Waals surface area (Å²) in [6.45, 7) is 3.88. The van der Waals surface area contributed by atoms with E-state index in [-0.39, 0.29) is 36.4 Å². The largest absolute Gasteiger partial charge is 0.352 e. The number of nitrogens with zero attached hydrogens (tertiary/aromatic N) is 1. The highest BCUT2D eigenvalue weighted by molar-refractivity contribution is 6.31. The average molecular weight is 467 g/mol. The van der Waals surface area contributed by atoms with Gasteiger partial charge in [-0.05, 0) is 42.7 Å². The molecule has 0 saturated heterocycles. The molecule has 4 nitrogen and oxygen atoms in total. The Kier molecular flexibility index (Phi) is 8.61. The second-order valence-corrected chi connectivity index (χ2v) is 8.66. The van der Waals surface area contributed by atoms with Gasteiger partial charge in [-0.25, -0.2) is 4.39 Å². The molecule has 172 valence electrons. The summed E-state index contributed by atoms with van der Waals surface area (Å²) in [5, 5.41) is 3.44. The SMILES string of the molecule is CC(C)NC(=O)[C@@H](Cc1ccccc1)N(Cc1ccccc1Cl)C(=O)Cc1ccccc1F. The fraction of sp³-hybridized carbons (Fsp3) is 0.259. The number of hydrogen-bond donors (Lipinski definition) is 1. The van der Waals surface area contributed by atoms with E-state index in [2.05, 4.69) is 5.32 Å². The van der Waals surface area contributed by atoms with Gasteiger partial charge in [0.05, 0.1) is 6.42 Å². The van der Waals surface area contributed by atoms with Gasteiger partial charge in [-0.2, -0.15) is 0 Å². The molecule has 0 fully saturated rings. The summed E-state index contributed by atoms with van der Waals surface area (Å²) in [6, 6.07) is 22.1. The number of amides is 2. The lowest BCUT2D eigenvalue weighted by molar-refractivity contribution is -0.141. The molecule has 6 heteroatoms. The molecule has 0 saturated carbocycles. The van der Waals surface area contributed by atoms with E-state index in [1.165, 1.54) is 11.0 Å². The van der Waals surface area contributed by atoms with Crippen LogP contribution in [0.15, 0.2) is 78.9 Å². The van der Waals surface area contributed by atoms with Crippen molar-refractivity contribution < 1.29 is 14.0 Å². The quantitative estimate of drug-likeness (QED) is 0.472. The van der Waals surface area contributed by atoms with E-state index >= 15 is 0 Å². The summed E-state index contributed by atoms with van der Waals surface area (Å²) in [4.78, 5) is 28.3. The fourth-order valence-corrected chi connectivity index (χ4v) is 3.85. The Balaban J connectivity index is 1.99. The standard InChI is InChI=1S/C27H28ClFN2O2/c1-19(2)30-27(33)25(16-20-10-4-3-5-11-20)31(18-22-13-6-8-14-23(22)28)26(32)17-21-12-7-9-15-24(21)29/h3-15,19,25H,16-18H2,1-2H3,(H,30,33)/t25-/m1/s1. The first-order valence-electron chi connectivity index (χ1n) is 11.0. The number of carbonyl (C=O) groups is 2. The third kappa shape index (κ3) is 6.90. The van der Waals surface area contributed by atoms with Crippen LogP contribution in [0, 0.1) is 5.82 Å². The minimum absolute atomic E-state index is 0.0976. The molecule has 0 heterocycles. The zero-order valence-corrected chi connectivity index (χ0v) is 19.6. The normalized spacial score (nSPS) is 11.8. The lowest BCUT2D eigenvalue weighted by atomic mass is 10.0. The van der Waals surface area contributed by atoms with Crippen molar-refractivity contribution in [1.82, 2.24) is 10.2 Å². The Hall–Kier alpha value is -3.18. The van der Waals surface area contributed by atoms with Crippen molar-refractivity contribution in [3.05, 3.63) is 106 Å². The van der Waals surface area contributed by atoms with Crippen LogP contribution in [-0.2, 0) is 29.0 Å². The zero-order valence-electron chi connectivity index (χ0n) is 18.8. The lowest BCUT2D eigenvalue weighted by Crippen LogP contribution is -2.52. The molecule has 2 amide bonds. The van der Waals surface area contributed by atoms with E-state index in [0.29, 0.717) is 11.4 Å². The topological polar surface area (TPSA) is 49.4 Å². The van der Waals surface area contributed by atoms with E-state index in [1.54, 1.807) is 24.3 Å². The van der Waals surface area contributed by atoms with E-state index in [9.17, 15) is 14.0 Å². The van der Waals surface area contributed by atoms with Crippen LogP contribution in [-0.4, -0.2) is 28.8 Å². The van der Waals surface area contributed by atoms with Gasteiger partial charge in [-0.1, -0.05) is 78.3 Å². The lowest BCUT2D eigenvalue weighted by Gasteiger charge is -2.32. The smallest absolute Gasteiger partial charge is 0.243 e. The minimum atomic E-state index is -0.787. The first-order chi connectivity index (χ1) is 15.8. The Bertz CT molecular complexity index is 1090. The van der Waals surface area contributed by atoms with Crippen LogP contribution in [0.25, 0.3) is 0 Å². The van der Waals surface area contributed by atoms with Gasteiger partial charge in [0, 0.05) is 24.0 Å². The zero-order chi connectivity index (χ0) is 23.8. The first-order valence-corrected chi connectivity index (χ1v) is 11.3. The molecule has 0 aromatic heterocycles. The number of rotatable bonds is 9. The van der Waals surface area contributed by atoms with Crippen LogP contribution in [0.5, 0.6) is 0 Å². The van der Waals surface area contributed by atoms with Crippen molar-refractivity contribution in [3.8, 4) is 0 Å². The molecule has 0 aliphatic heterocycles. The molecule has 0 radical (unpaired) electrons. The Morgan fingerprint density at radius 1 is 0.909 bits per heavy atom. The van der Waals surface area contributed by atoms with Crippen molar-refractivity contribution >= 4 is 23.4 Å². The third-order valence-corrected chi connectivity index (χ3v) is 5.67. The molecular formula is C27H28ClFN2O2. The highest BCUT2D eigenvalue weighted by atomic mass is 35.5. The summed E-state index contributed by atoms with van der Waals surface area (Å²) < 4.78 is 14.3. The molecular weight excluding hydrogens is 439 g/mol. The van der Waals surface area contributed by atoms with Gasteiger partial charge in [-0.15, -0.1) is 0 Å². The van der Waals surface area contributed by atoms with Crippen LogP contribution in [0.4, 0.5) is 4.39 Å². The summed E-state index contributed by atoms with van der Waals surface area (Å²) in [5.74, 6) is -1.06. The van der Waals surface area contributed by atoms with Crippen LogP contribution in [0.1, 0.15) is 30.5 Å². The molecule has 3 rings (SSSR count). The molecule has 0 unspecified atom stereocenters. The highest BCUT2D eigenvalue weighted by Gasteiger charge is 2.31. The van der Waals surface area contributed by atoms with Gasteiger partial charge in [0.1, 0.15) is 11.9 Å². The molecule has 1 N–H and O–H groups in total.